The van der Waals surface area contributed by atoms with Crippen molar-refractivity contribution in [3.63, 3.8) is 0 Å². The molecule has 0 spiro atoms. The summed E-state index contributed by atoms with van der Waals surface area (Å²) in [6.07, 6.45) is -4.99. The van der Waals surface area contributed by atoms with Gasteiger partial charge < -0.3 is 14.1 Å². The minimum Gasteiger partial charge on any atom is -0.459 e. The van der Waals surface area contributed by atoms with Gasteiger partial charge in [-0.05, 0) is 36.8 Å². The lowest BCUT2D eigenvalue weighted by atomic mass is 10.0. The monoisotopic (exact) mass is 425 g/mol. The van der Waals surface area contributed by atoms with E-state index < -0.39 is 12.1 Å². The minimum atomic E-state index is -4.99. The highest BCUT2D eigenvalue weighted by molar-refractivity contribution is 6.30. The molecular formula is C21H19ClF3NO3. The smallest absolute Gasteiger partial charge is 0.459 e. The van der Waals surface area contributed by atoms with Crippen LogP contribution in [0.4, 0.5) is 13.2 Å². The van der Waals surface area contributed by atoms with E-state index in [1.165, 1.54) is 7.11 Å². The van der Waals surface area contributed by atoms with Crippen LogP contribution in [-0.2, 0) is 16.1 Å². The molecule has 0 saturated carbocycles. The van der Waals surface area contributed by atoms with Crippen molar-refractivity contribution >= 4 is 28.5 Å². The Kier molecular flexibility index (Phi) is 6.19. The standard InChI is InChI=1S/C21H19ClF3NO3/c1-13-3-8-17-16(11-13)19(14-4-6-15(22)7-5-14)18(29-17)12-26(9-10-28-2)20(27)21(23,24)25/h3-8,11H,9-10,12H2,1-2H3. The molecule has 0 bridgehead atoms. The molecule has 3 rings (SSSR count). The molecule has 0 N–H and O–H groups in total. The molecular weight excluding hydrogens is 407 g/mol. The number of amides is 1. The van der Waals surface area contributed by atoms with Crippen LogP contribution in [0.2, 0.25) is 5.02 Å². The Morgan fingerprint density at radius 2 is 1.86 bits per heavy atom. The average Bonchev–Trinajstić information content (AvgIpc) is 3.01. The zero-order valence-electron chi connectivity index (χ0n) is 15.8. The van der Waals surface area contributed by atoms with Crippen molar-refractivity contribution in [3.05, 3.63) is 58.8 Å². The highest BCUT2D eigenvalue weighted by Crippen LogP contribution is 2.37. The fourth-order valence-electron chi connectivity index (χ4n) is 3.11. The molecule has 0 aliphatic carbocycles. The van der Waals surface area contributed by atoms with Gasteiger partial charge in [0.05, 0.1) is 13.2 Å². The van der Waals surface area contributed by atoms with Crippen LogP contribution in [0.3, 0.4) is 0 Å². The van der Waals surface area contributed by atoms with Crippen LogP contribution in [-0.4, -0.2) is 37.2 Å². The van der Waals surface area contributed by atoms with E-state index in [0.29, 0.717) is 21.1 Å². The summed E-state index contributed by atoms with van der Waals surface area (Å²) in [4.78, 5) is 12.6. The predicted octanol–water partition coefficient (Wildman–Crippen LogP) is 5.60. The van der Waals surface area contributed by atoms with Gasteiger partial charge in [-0.25, -0.2) is 0 Å². The maximum absolute atomic E-state index is 13.1. The number of furan rings is 1. The Hall–Kier alpha value is -2.51. The van der Waals surface area contributed by atoms with E-state index in [2.05, 4.69) is 0 Å². The summed E-state index contributed by atoms with van der Waals surface area (Å²) < 4.78 is 50.0. The number of rotatable bonds is 6. The zero-order valence-corrected chi connectivity index (χ0v) is 16.6. The summed E-state index contributed by atoms with van der Waals surface area (Å²) in [5.74, 6) is -1.67. The summed E-state index contributed by atoms with van der Waals surface area (Å²) in [5.41, 5.74) is 2.88. The minimum absolute atomic E-state index is 0.0303. The van der Waals surface area contributed by atoms with Gasteiger partial charge in [0.15, 0.2) is 0 Å². The van der Waals surface area contributed by atoms with E-state index in [1.54, 1.807) is 30.3 Å². The van der Waals surface area contributed by atoms with Crippen LogP contribution in [0.15, 0.2) is 46.9 Å². The van der Waals surface area contributed by atoms with Gasteiger partial charge >= 0.3 is 12.1 Å². The van der Waals surface area contributed by atoms with Gasteiger partial charge in [-0.2, -0.15) is 13.2 Å². The summed E-state index contributed by atoms with van der Waals surface area (Å²) in [7, 11) is 1.36. The lowest BCUT2D eigenvalue weighted by Gasteiger charge is -2.23. The van der Waals surface area contributed by atoms with Crippen LogP contribution in [0.5, 0.6) is 0 Å². The Labute approximate surface area is 170 Å². The maximum Gasteiger partial charge on any atom is 0.471 e. The first kappa shape index (κ1) is 21.2. The van der Waals surface area contributed by atoms with Gasteiger partial charge in [0.1, 0.15) is 11.3 Å². The third-order valence-electron chi connectivity index (χ3n) is 4.48. The molecule has 0 aliphatic heterocycles. The summed E-state index contributed by atoms with van der Waals surface area (Å²) >= 11 is 5.97. The average molecular weight is 426 g/mol. The van der Waals surface area contributed by atoms with Gasteiger partial charge in [-0.1, -0.05) is 35.4 Å². The van der Waals surface area contributed by atoms with Crippen molar-refractivity contribution in [2.75, 3.05) is 20.3 Å². The molecule has 29 heavy (non-hydrogen) atoms. The number of ether oxygens (including phenoxy) is 1. The first-order chi connectivity index (χ1) is 13.7. The number of alkyl halides is 3. The molecule has 4 nitrogen and oxygen atoms in total. The largest absolute Gasteiger partial charge is 0.471 e. The SMILES string of the molecule is COCCN(Cc1oc2ccc(C)cc2c1-c1ccc(Cl)cc1)C(=O)C(F)(F)F. The summed E-state index contributed by atoms with van der Waals surface area (Å²) in [5, 5.41) is 1.29. The number of hydrogen-bond acceptors (Lipinski definition) is 3. The van der Waals surface area contributed by atoms with Gasteiger partial charge in [-0.15, -0.1) is 0 Å². The molecule has 1 amide bonds. The summed E-state index contributed by atoms with van der Waals surface area (Å²) in [6, 6.07) is 12.4. The Balaban J connectivity index is 2.10. The molecule has 8 heteroatoms. The fourth-order valence-corrected chi connectivity index (χ4v) is 3.24. The number of aryl methyl sites for hydroxylation is 1. The van der Waals surface area contributed by atoms with Crippen LogP contribution in [0, 0.1) is 6.92 Å². The first-order valence-corrected chi connectivity index (χ1v) is 9.21. The number of carbonyl (C=O) groups is 1. The predicted molar refractivity (Wildman–Crippen MR) is 105 cm³/mol. The van der Waals surface area contributed by atoms with Crippen molar-refractivity contribution in [1.82, 2.24) is 4.90 Å². The molecule has 0 atom stereocenters. The first-order valence-electron chi connectivity index (χ1n) is 8.83. The van der Waals surface area contributed by atoms with Crippen LogP contribution in [0.1, 0.15) is 11.3 Å². The number of fused-ring (bicyclic) bond motifs is 1. The van der Waals surface area contributed by atoms with E-state index in [9.17, 15) is 18.0 Å². The molecule has 3 aromatic rings. The number of hydrogen-bond donors (Lipinski definition) is 0. The van der Waals surface area contributed by atoms with E-state index >= 15 is 0 Å². The van der Waals surface area contributed by atoms with Crippen molar-refractivity contribution < 1.29 is 27.1 Å². The molecule has 0 radical (unpaired) electrons. The third-order valence-corrected chi connectivity index (χ3v) is 4.73. The molecule has 1 heterocycles. The van der Waals surface area contributed by atoms with Crippen LogP contribution >= 0.6 is 11.6 Å². The molecule has 154 valence electrons. The van der Waals surface area contributed by atoms with Gasteiger partial charge in [0.2, 0.25) is 0 Å². The lowest BCUT2D eigenvalue weighted by molar-refractivity contribution is -0.186. The fraction of sp³-hybridized carbons (Fsp3) is 0.286. The highest BCUT2D eigenvalue weighted by atomic mass is 35.5. The van der Waals surface area contributed by atoms with E-state index in [-0.39, 0.29) is 25.5 Å². The lowest BCUT2D eigenvalue weighted by Crippen LogP contribution is -2.42. The number of benzene rings is 2. The van der Waals surface area contributed by atoms with E-state index in [0.717, 1.165) is 16.5 Å². The second-order valence-corrected chi connectivity index (χ2v) is 7.06. The van der Waals surface area contributed by atoms with Gasteiger partial charge in [0, 0.05) is 29.6 Å². The van der Waals surface area contributed by atoms with Crippen molar-refractivity contribution in [2.45, 2.75) is 19.6 Å². The van der Waals surface area contributed by atoms with Gasteiger partial charge in [-0.3, -0.25) is 4.79 Å². The van der Waals surface area contributed by atoms with Gasteiger partial charge in [0.25, 0.3) is 0 Å². The van der Waals surface area contributed by atoms with Crippen LogP contribution in [0.25, 0.3) is 22.1 Å². The molecule has 0 saturated heterocycles. The number of methoxy groups -OCH3 is 1. The Morgan fingerprint density at radius 3 is 2.48 bits per heavy atom. The van der Waals surface area contributed by atoms with Crippen molar-refractivity contribution in [3.8, 4) is 11.1 Å². The molecule has 0 fully saturated rings. The molecule has 2 aromatic carbocycles. The Morgan fingerprint density at radius 1 is 1.17 bits per heavy atom. The highest BCUT2D eigenvalue weighted by Gasteiger charge is 2.42. The summed E-state index contributed by atoms with van der Waals surface area (Å²) in [6.45, 7) is 1.33. The van der Waals surface area contributed by atoms with Crippen LogP contribution < -0.4 is 0 Å². The van der Waals surface area contributed by atoms with Crippen molar-refractivity contribution in [2.24, 2.45) is 0 Å². The molecule has 0 unspecified atom stereocenters. The third kappa shape index (κ3) is 4.74. The normalized spacial score (nSPS) is 11.8. The number of carbonyl (C=O) groups excluding carboxylic acids is 1. The number of halogens is 4. The Bertz CT molecular complexity index is 1010. The molecule has 1 aromatic heterocycles. The zero-order chi connectivity index (χ0) is 21.2. The maximum atomic E-state index is 13.1. The van der Waals surface area contributed by atoms with E-state index in [4.69, 9.17) is 20.8 Å². The second-order valence-electron chi connectivity index (χ2n) is 6.62. The van der Waals surface area contributed by atoms with Crippen molar-refractivity contribution in [1.29, 1.82) is 0 Å². The topological polar surface area (TPSA) is 42.7 Å². The second kappa shape index (κ2) is 8.47. The van der Waals surface area contributed by atoms with E-state index in [1.807, 2.05) is 19.1 Å². The quantitative estimate of drug-likeness (QED) is 0.516. The molecule has 0 aliphatic rings. The number of nitrogens with zero attached hydrogens (tertiary/aromatic N) is 1.